The van der Waals surface area contributed by atoms with E-state index in [-0.39, 0.29) is 10.8 Å². The minimum atomic E-state index is 0.225. The molecule has 0 N–H and O–H groups in total. The Labute approximate surface area is 94.5 Å². The first-order valence-electron chi connectivity index (χ1n) is 5.72. The van der Waals surface area contributed by atoms with Crippen LogP contribution in [-0.4, -0.2) is 4.57 Å². The average Bonchev–Trinajstić information content (AvgIpc) is 2.26. The number of nitrogens with zero attached hydrogens (tertiary/aromatic N) is 1. The largest absolute Gasteiger partial charge is 0.351 e. The highest BCUT2D eigenvalue weighted by atomic mass is 15.0. The number of rotatable bonds is 0. The van der Waals surface area contributed by atoms with Gasteiger partial charge in [-0.3, -0.25) is 0 Å². The second-order valence-corrected chi connectivity index (χ2v) is 6.59. The van der Waals surface area contributed by atoms with Gasteiger partial charge >= 0.3 is 0 Å². The van der Waals surface area contributed by atoms with Gasteiger partial charge in [-0.15, -0.1) is 0 Å². The molecular formula is C14H25N. The van der Waals surface area contributed by atoms with Crippen LogP contribution in [0, 0.1) is 6.92 Å². The number of hydrogen-bond donors (Lipinski definition) is 0. The van der Waals surface area contributed by atoms with Gasteiger partial charge in [-0.2, -0.15) is 0 Å². The molecule has 0 aliphatic heterocycles. The van der Waals surface area contributed by atoms with E-state index in [1.165, 1.54) is 17.0 Å². The van der Waals surface area contributed by atoms with Gasteiger partial charge in [0.2, 0.25) is 0 Å². The third-order valence-electron chi connectivity index (χ3n) is 3.11. The van der Waals surface area contributed by atoms with Crippen LogP contribution in [0.4, 0.5) is 0 Å². The molecule has 0 bridgehead atoms. The fourth-order valence-electron chi connectivity index (χ4n) is 2.18. The molecule has 86 valence electrons. The van der Waals surface area contributed by atoms with Crippen LogP contribution in [0.1, 0.15) is 58.5 Å². The molecule has 0 amide bonds. The van der Waals surface area contributed by atoms with Gasteiger partial charge in [0, 0.05) is 23.9 Å². The molecule has 0 aliphatic carbocycles. The second-order valence-electron chi connectivity index (χ2n) is 6.59. The van der Waals surface area contributed by atoms with Crippen LogP contribution >= 0.6 is 0 Å². The van der Waals surface area contributed by atoms with Crippen molar-refractivity contribution in [1.29, 1.82) is 0 Å². The van der Waals surface area contributed by atoms with Crippen molar-refractivity contribution in [3.8, 4) is 0 Å². The van der Waals surface area contributed by atoms with E-state index in [1.807, 2.05) is 0 Å². The summed E-state index contributed by atoms with van der Waals surface area (Å²) in [6.07, 6.45) is 0. The molecule has 0 unspecified atom stereocenters. The molecule has 1 aromatic heterocycles. The molecule has 0 spiro atoms. The van der Waals surface area contributed by atoms with E-state index in [0.717, 1.165) is 0 Å². The Balaban J connectivity index is 3.38. The highest BCUT2D eigenvalue weighted by Crippen LogP contribution is 2.32. The van der Waals surface area contributed by atoms with Gasteiger partial charge in [-0.05, 0) is 24.0 Å². The molecule has 1 heterocycles. The van der Waals surface area contributed by atoms with Gasteiger partial charge in [0.25, 0.3) is 0 Å². The van der Waals surface area contributed by atoms with Crippen LogP contribution in [0.25, 0.3) is 0 Å². The maximum Gasteiger partial charge on any atom is 0.0231 e. The van der Waals surface area contributed by atoms with Crippen molar-refractivity contribution in [2.45, 2.75) is 59.3 Å². The van der Waals surface area contributed by atoms with Gasteiger partial charge in [0.05, 0.1) is 0 Å². The second kappa shape index (κ2) is 3.40. The average molecular weight is 207 g/mol. The van der Waals surface area contributed by atoms with E-state index >= 15 is 0 Å². The summed E-state index contributed by atoms with van der Waals surface area (Å²) in [5.74, 6) is 0. The summed E-state index contributed by atoms with van der Waals surface area (Å²) in [5.41, 5.74) is 4.75. The summed E-state index contributed by atoms with van der Waals surface area (Å²) in [5, 5.41) is 0. The van der Waals surface area contributed by atoms with Crippen molar-refractivity contribution in [1.82, 2.24) is 4.57 Å². The Hall–Kier alpha value is -0.720. The quantitative estimate of drug-likeness (QED) is 0.607. The smallest absolute Gasteiger partial charge is 0.0231 e. The predicted molar refractivity (Wildman–Crippen MR) is 67.6 cm³/mol. The van der Waals surface area contributed by atoms with Gasteiger partial charge in [-0.1, -0.05) is 41.5 Å². The summed E-state index contributed by atoms with van der Waals surface area (Å²) in [4.78, 5) is 0. The van der Waals surface area contributed by atoms with E-state index in [9.17, 15) is 0 Å². The summed E-state index contributed by atoms with van der Waals surface area (Å²) in [7, 11) is 2.17. The zero-order valence-electron chi connectivity index (χ0n) is 11.5. The summed E-state index contributed by atoms with van der Waals surface area (Å²) in [6, 6.07) is 2.37. The van der Waals surface area contributed by atoms with Crippen molar-refractivity contribution in [2.75, 3.05) is 0 Å². The molecule has 0 fully saturated rings. The number of aromatic nitrogens is 1. The molecule has 0 atom stereocenters. The SMILES string of the molecule is Cc1c(C(C)(C)C)cc(C(C)(C)C)n1C. The van der Waals surface area contributed by atoms with Crippen molar-refractivity contribution in [3.05, 3.63) is 23.0 Å². The fourth-order valence-corrected chi connectivity index (χ4v) is 2.18. The van der Waals surface area contributed by atoms with Crippen molar-refractivity contribution in [3.63, 3.8) is 0 Å². The highest BCUT2D eigenvalue weighted by molar-refractivity contribution is 5.35. The van der Waals surface area contributed by atoms with E-state index in [4.69, 9.17) is 0 Å². The minimum Gasteiger partial charge on any atom is -0.351 e. The first-order valence-corrected chi connectivity index (χ1v) is 5.72. The van der Waals surface area contributed by atoms with Crippen molar-refractivity contribution in [2.24, 2.45) is 7.05 Å². The molecule has 0 aromatic carbocycles. The maximum atomic E-state index is 2.37. The van der Waals surface area contributed by atoms with Crippen LogP contribution in [0.15, 0.2) is 6.07 Å². The molecule has 1 rings (SSSR count). The van der Waals surface area contributed by atoms with E-state index in [1.54, 1.807) is 0 Å². The Morgan fingerprint density at radius 2 is 1.40 bits per heavy atom. The number of hydrogen-bond acceptors (Lipinski definition) is 0. The Morgan fingerprint density at radius 3 is 1.60 bits per heavy atom. The third kappa shape index (κ3) is 2.27. The zero-order chi connectivity index (χ0) is 12.0. The molecule has 0 saturated heterocycles. The van der Waals surface area contributed by atoms with Crippen LogP contribution in [-0.2, 0) is 17.9 Å². The maximum absolute atomic E-state index is 2.37. The summed E-state index contributed by atoms with van der Waals surface area (Å²) < 4.78 is 2.33. The van der Waals surface area contributed by atoms with Gasteiger partial charge in [0.15, 0.2) is 0 Å². The summed E-state index contributed by atoms with van der Waals surface area (Å²) >= 11 is 0. The van der Waals surface area contributed by atoms with Crippen LogP contribution in [0.2, 0.25) is 0 Å². The van der Waals surface area contributed by atoms with Crippen LogP contribution in [0.5, 0.6) is 0 Å². The standard InChI is InChI=1S/C14H25N/c1-10-11(13(2,3)4)9-12(15(10)8)14(5,6)7/h9H,1-8H3. The molecule has 1 heteroatoms. The lowest BCUT2D eigenvalue weighted by atomic mass is 9.85. The zero-order valence-corrected chi connectivity index (χ0v) is 11.5. The topological polar surface area (TPSA) is 4.93 Å². The Bertz CT molecular complexity index is 321. The van der Waals surface area contributed by atoms with Crippen molar-refractivity contribution >= 4 is 0 Å². The predicted octanol–water partition coefficient (Wildman–Crippen LogP) is 3.93. The van der Waals surface area contributed by atoms with Crippen LogP contribution < -0.4 is 0 Å². The lowest BCUT2D eigenvalue weighted by Gasteiger charge is -2.20. The first kappa shape index (κ1) is 12.4. The van der Waals surface area contributed by atoms with Gasteiger partial charge in [0.1, 0.15) is 0 Å². The Kier molecular flexibility index (Phi) is 2.80. The van der Waals surface area contributed by atoms with Gasteiger partial charge < -0.3 is 4.57 Å². The molecule has 15 heavy (non-hydrogen) atoms. The molecule has 0 radical (unpaired) electrons. The van der Waals surface area contributed by atoms with E-state index in [0.29, 0.717) is 0 Å². The normalized spacial score (nSPS) is 13.3. The van der Waals surface area contributed by atoms with E-state index < -0.39 is 0 Å². The highest BCUT2D eigenvalue weighted by Gasteiger charge is 2.25. The van der Waals surface area contributed by atoms with Gasteiger partial charge in [-0.25, -0.2) is 0 Å². The first-order chi connectivity index (χ1) is 6.55. The summed E-state index contributed by atoms with van der Waals surface area (Å²) in [6.45, 7) is 15.9. The molecule has 1 aromatic rings. The Morgan fingerprint density at radius 1 is 0.933 bits per heavy atom. The van der Waals surface area contributed by atoms with E-state index in [2.05, 4.69) is 66.1 Å². The van der Waals surface area contributed by atoms with Crippen LogP contribution in [0.3, 0.4) is 0 Å². The third-order valence-corrected chi connectivity index (χ3v) is 3.11. The fraction of sp³-hybridized carbons (Fsp3) is 0.714. The minimum absolute atomic E-state index is 0.225. The molecule has 1 nitrogen and oxygen atoms in total. The molecule has 0 saturated carbocycles. The van der Waals surface area contributed by atoms with Crippen molar-refractivity contribution < 1.29 is 0 Å². The molecular weight excluding hydrogens is 182 g/mol. The lowest BCUT2D eigenvalue weighted by Crippen LogP contribution is -2.16. The molecule has 0 aliphatic rings. The lowest BCUT2D eigenvalue weighted by molar-refractivity contribution is 0.539. The monoisotopic (exact) mass is 207 g/mol.